The van der Waals surface area contributed by atoms with Crippen molar-refractivity contribution < 1.29 is 28.7 Å². The van der Waals surface area contributed by atoms with Crippen molar-refractivity contribution in [3.05, 3.63) is 53.2 Å². The van der Waals surface area contributed by atoms with Crippen LogP contribution in [-0.4, -0.2) is 85.9 Å². The fraction of sp³-hybridized carbons (Fsp3) is 0.304. The Balaban J connectivity index is 1.61. The maximum absolute atomic E-state index is 12.8. The Hall–Kier alpha value is -4.03. The molecule has 0 unspecified atom stereocenters. The highest BCUT2D eigenvalue weighted by atomic mass is 35.5. The van der Waals surface area contributed by atoms with Gasteiger partial charge in [-0.2, -0.15) is 0 Å². The van der Waals surface area contributed by atoms with Gasteiger partial charge in [-0.05, 0) is 36.4 Å². The van der Waals surface area contributed by atoms with E-state index < -0.39 is 29.7 Å². The summed E-state index contributed by atoms with van der Waals surface area (Å²) in [6.07, 6.45) is 1.31. The van der Waals surface area contributed by atoms with Crippen LogP contribution in [-0.2, 0) is 23.9 Å². The van der Waals surface area contributed by atoms with Gasteiger partial charge in [0, 0.05) is 44.6 Å². The van der Waals surface area contributed by atoms with Gasteiger partial charge in [-0.15, -0.1) is 0 Å². The van der Waals surface area contributed by atoms with Crippen LogP contribution < -0.4 is 20.9 Å². The molecule has 5 amide bonds. The minimum atomic E-state index is -1.14. The lowest BCUT2D eigenvalue weighted by molar-refractivity contribution is -0.136. The average molecular weight is 517 g/mol. The minimum absolute atomic E-state index is 0.00345. The lowest BCUT2D eigenvalue weighted by Gasteiger charge is -2.27. The highest BCUT2D eigenvalue weighted by Gasteiger charge is 2.26. The van der Waals surface area contributed by atoms with Crippen LogP contribution in [0.1, 0.15) is 10.4 Å². The Morgan fingerprint density at radius 3 is 2.44 bits per heavy atom. The van der Waals surface area contributed by atoms with Crippen molar-refractivity contribution in [2.45, 2.75) is 6.04 Å². The molecule has 1 aliphatic heterocycles. The van der Waals surface area contributed by atoms with Crippen LogP contribution in [0.25, 0.3) is 0 Å². The zero-order chi connectivity index (χ0) is 26.2. The number of pyridine rings is 1. The number of benzene rings is 1. The number of amides is 5. The Labute approximate surface area is 211 Å². The summed E-state index contributed by atoms with van der Waals surface area (Å²) in [4.78, 5) is 68.4. The summed E-state index contributed by atoms with van der Waals surface area (Å²) < 4.78 is 5.12. The first kappa shape index (κ1) is 26.6. The molecule has 3 N–H and O–H groups in total. The molecule has 1 atom stereocenters. The van der Waals surface area contributed by atoms with E-state index in [1.807, 2.05) is 0 Å². The lowest BCUT2D eigenvalue weighted by Crippen LogP contribution is -2.53. The van der Waals surface area contributed by atoms with E-state index in [0.29, 0.717) is 23.9 Å². The van der Waals surface area contributed by atoms with Crippen molar-refractivity contribution in [1.29, 1.82) is 0 Å². The van der Waals surface area contributed by atoms with Crippen molar-refractivity contribution in [2.24, 2.45) is 0 Å². The number of aromatic nitrogens is 1. The third-order valence-electron chi connectivity index (χ3n) is 5.11. The smallest absolute Gasteiger partial charge is 0.314 e. The molecule has 190 valence electrons. The van der Waals surface area contributed by atoms with Gasteiger partial charge in [0.2, 0.25) is 5.91 Å². The minimum Gasteiger partial charge on any atom is -0.370 e. The summed E-state index contributed by atoms with van der Waals surface area (Å²) in [5.41, 5.74) is 0.864. The van der Waals surface area contributed by atoms with Gasteiger partial charge in [0.25, 0.3) is 11.8 Å². The number of nitrogens with one attached hydrogen (secondary N) is 3. The highest BCUT2D eigenvalue weighted by molar-refractivity contribution is 6.39. The summed E-state index contributed by atoms with van der Waals surface area (Å²) in [6, 6.07) is 8.07. The zero-order valence-electron chi connectivity index (χ0n) is 19.6. The first-order valence-corrected chi connectivity index (χ1v) is 11.2. The molecule has 0 radical (unpaired) electrons. The number of rotatable bonds is 7. The van der Waals surface area contributed by atoms with Crippen LogP contribution in [0.3, 0.4) is 0 Å². The second-order valence-electron chi connectivity index (χ2n) is 7.93. The van der Waals surface area contributed by atoms with Gasteiger partial charge < -0.3 is 30.5 Å². The molecule has 1 fully saturated rings. The molecule has 13 heteroatoms. The van der Waals surface area contributed by atoms with Gasteiger partial charge >= 0.3 is 11.8 Å². The molecule has 0 bridgehead atoms. The van der Waals surface area contributed by atoms with Crippen molar-refractivity contribution in [3.8, 4) is 0 Å². The fourth-order valence-corrected chi connectivity index (χ4v) is 3.35. The largest absolute Gasteiger partial charge is 0.370 e. The van der Waals surface area contributed by atoms with E-state index in [4.69, 9.17) is 16.3 Å². The second kappa shape index (κ2) is 12.1. The predicted molar refractivity (Wildman–Crippen MR) is 130 cm³/mol. The Morgan fingerprint density at radius 1 is 1.11 bits per heavy atom. The molecule has 1 saturated heterocycles. The Morgan fingerprint density at radius 2 is 1.83 bits per heavy atom. The van der Waals surface area contributed by atoms with Gasteiger partial charge in [-0.1, -0.05) is 11.6 Å². The van der Waals surface area contributed by atoms with Crippen LogP contribution in [0.5, 0.6) is 0 Å². The van der Waals surface area contributed by atoms with Crippen molar-refractivity contribution in [2.75, 3.05) is 50.6 Å². The normalized spacial score (nSPS) is 14.0. The third kappa shape index (κ3) is 6.99. The van der Waals surface area contributed by atoms with Crippen LogP contribution in [0.15, 0.2) is 42.6 Å². The summed E-state index contributed by atoms with van der Waals surface area (Å²) in [5.74, 6) is -3.13. The number of hydrogen-bond donors (Lipinski definition) is 3. The molecule has 1 aromatic carbocycles. The summed E-state index contributed by atoms with van der Waals surface area (Å²) in [7, 11) is 2.99. The van der Waals surface area contributed by atoms with E-state index in [2.05, 4.69) is 20.9 Å². The quantitative estimate of drug-likeness (QED) is 0.440. The molecule has 12 nitrogen and oxygen atoms in total. The predicted octanol–water partition coefficient (Wildman–Crippen LogP) is 0.0397. The fourth-order valence-electron chi connectivity index (χ4n) is 3.23. The number of morpholine rings is 1. The number of carbonyl (C=O) groups is 5. The molecule has 3 rings (SSSR count). The number of hydrogen-bond acceptors (Lipinski definition) is 7. The number of carbonyl (C=O) groups excluding carboxylic acids is 5. The van der Waals surface area contributed by atoms with Crippen LogP contribution >= 0.6 is 11.6 Å². The average Bonchev–Trinajstić information content (AvgIpc) is 2.87. The maximum Gasteiger partial charge on any atom is 0.314 e. The van der Waals surface area contributed by atoms with Gasteiger partial charge in [-0.25, -0.2) is 4.98 Å². The van der Waals surface area contributed by atoms with Crippen LogP contribution in [0.4, 0.5) is 11.5 Å². The third-order valence-corrected chi connectivity index (χ3v) is 5.34. The first-order chi connectivity index (χ1) is 17.2. The molecular weight excluding hydrogens is 492 g/mol. The van der Waals surface area contributed by atoms with Gasteiger partial charge in [0.1, 0.15) is 18.5 Å². The van der Waals surface area contributed by atoms with Crippen LogP contribution in [0.2, 0.25) is 5.02 Å². The number of anilines is 2. The van der Waals surface area contributed by atoms with Gasteiger partial charge in [0.15, 0.2) is 0 Å². The van der Waals surface area contributed by atoms with E-state index in [9.17, 15) is 24.0 Å². The van der Waals surface area contributed by atoms with E-state index in [0.717, 1.165) is 0 Å². The summed E-state index contributed by atoms with van der Waals surface area (Å²) in [5, 5.41) is 7.58. The van der Waals surface area contributed by atoms with Gasteiger partial charge in [-0.3, -0.25) is 24.0 Å². The second-order valence-corrected chi connectivity index (χ2v) is 8.37. The van der Waals surface area contributed by atoms with E-state index in [-0.39, 0.29) is 30.4 Å². The van der Waals surface area contributed by atoms with Crippen molar-refractivity contribution >= 4 is 52.6 Å². The summed E-state index contributed by atoms with van der Waals surface area (Å²) in [6.45, 7) is 0.493. The maximum atomic E-state index is 12.8. The standard InChI is InChI=1S/C23H25ClN6O6/c1-29(2)23(35)17(12-26-21(33)22(34)28-18-8-5-15(24)11-25-18)27-20(32)14-3-6-16(7-4-14)30-9-10-36-13-19(30)31/h3-8,11,17H,9-10,12-13H2,1-2H3,(H,26,33)(H,27,32)(H,25,28,34)/t17-/m0/s1. The molecule has 2 aromatic rings. The molecular formula is C23H25ClN6O6. The van der Waals surface area contributed by atoms with E-state index in [1.54, 1.807) is 17.0 Å². The highest BCUT2D eigenvalue weighted by Crippen LogP contribution is 2.17. The molecule has 0 aliphatic carbocycles. The lowest BCUT2D eigenvalue weighted by atomic mass is 10.1. The molecule has 36 heavy (non-hydrogen) atoms. The number of nitrogens with zero attached hydrogens (tertiary/aromatic N) is 3. The van der Waals surface area contributed by atoms with Crippen molar-refractivity contribution in [3.63, 3.8) is 0 Å². The number of halogens is 1. The monoisotopic (exact) mass is 516 g/mol. The zero-order valence-corrected chi connectivity index (χ0v) is 20.4. The molecule has 1 aliphatic rings. The Kier molecular flexibility index (Phi) is 8.92. The Bertz CT molecular complexity index is 1140. The topological polar surface area (TPSA) is 150 Å². The SMILES string of the molecule is CN(C)C(=O)[C@H](CNC(=O)C(=O)Nc1ccc(Cl)cn1)NC(=O)c1ccc(N2CCOCC2=O)cc1. The van der Waals surface area contributed by atoms with Crippen LogP contribution in [0, 0.1) is 0 Å². The van der Waals surface area contributed by atoms with Gasteiger partial charge in [0.05, 0.1) is 11.6 Å². The molecule has 2 heterocycles. The molecule has 1 aromatic heterocycles. The van der Waals surface area contributed by atoms with Crippen molar-refractivity contribution in [1.82, 2.24) is 20.5 Å². The summed E-state index contributed by atoms with van der Waals surface area (Å²) >= 11 is 5.74. The molecule has 0 spiro atoms. The first-order valence-electron chi connectivity index (χ1n) is 10.9. The molecule has 0 saturated carbocycles. The number of likely N-dealkylation sites (N-methyl/N-ethyl adjacent to an activating group) is 1. The van der Waals surface area contributed by atoms with E-state index >= 15 is 0 Å². The van der Waals surface area contributed by atoms with E-state index in [1.165, 1.54) is 49.5 Å². The number of ether oxygens (including phenoxy) is 1.